The fourth-order valence-corrected chi connectivity index (χ4v) is 2.26. The molecular weight excluding hydrogens is 236 g/mol. The van der Waals surface area contributed by atoms with Gasteiger partial charge in [-0.15, -0.1) is 0 Å². The van der Waals surface area contributed by atoms with Crippen LogP contribution < -0.4 is 0 Å². The van der Waals surface area contributed by atoms with Crippen molar-refractivity contribution in [2.75, 3.05) is 38.8 Å². The van der Waals surface area contributed by atoms with Crippen LogP contribution in [0.25, 0.3) is 0 Å². The highest BCUT2D eigenvalue weighted by atomic mass is 32.1. The van der Waals surface area contributed by atoms with Crippen LogP contribution in [0.3, 0.4) is 0 Å². The second-order valence-corrected chi connectivity index (χ2v) is 6.10. The summed E-state index contributed by atoms with van der Waals surface area (Å²) in [5, 5.41) is 0. The molecule has 1 fully saturated rings. The Labute approximate surface area is 111 Å². The first-order valence-corrected chi connectivity index (χ1v) is 7.01. The zero-order chi connectivity index (χ0) is 12.8. The van der Waals surface area contributed by atoms with Crippen LogP contribution in [0, 0.1) is 5.41 Å². The molecule has 1 heterocycles. The maximum absolute atomic E-state index is 5.73. The highest BCUT2D eigenvalue weighted by Crippen LogP contribution is 2.31. The summed E-state index contributed by atoms with van der Waals surface area (Å²) in [6.45, 7) is 9.93. The van der Waals surface area contributed by atoms with Gasteiger partial charge in [0.15, 0.2) is 0 Å². The fraction of sp³-hybridized carbons (Fsp3) is 1.00. The van der Waals surface area contributed by atoms with E-state index in [1.807, 2.05) is 0 Å². The molecule has 0 aromatic carbocycles. The second kappa shape index (κ2) is 6.98. The molecule has 0 bridgehead atoms. The van der Waals surface area contributed by atoms with Gasteiger partial charge in [-0.05, 0) is 39.4 Å². The molecule has 0 saturated carbocycles. The molecule has 17 heavy (non-hydrogen) atoms. The predicted octanol–water partition coefficient (Wildman–Crippen LogP) is 2.54. The number of thiol groups is 1. The molecule has 0 spiro atoms. The molecular formula is C13H26O3S. The molecule has 1 saturated heterocycles. The summed E-state index contributed by atoms with van der Waals surface area (Å²) >= 11 is 4.45. The summed E-state index contributed by atoms with van der Waals surface area (Å²) in [4.78, 5) is 0. The largest absolute Gasteiger partial charge is 0.381 e. The summed E-state index contributed by atoms with van der Waals surface area (Å²) in [6.07, 6.45) is 2.10. The summed E-state index contributed by atoms with van der Waals surface area (Å²) in [6, 6.07) is 0. The van der Waals surface area contributed by atoms with Crippen molar-refractivity contribution in [2.24, 2.45) is 5.41 Å². The highest BCUT2D eigenvalue weighted by Gasteiger charge is 2.31. The van der Waals surface area contributed by atoms with Gasteiger partial charge in [0, 0.05) is 18.6 Å². The average molecular weight is 262 g/mol. The van der Waals surface area contributed by atoms with Gasteiger partial charge in [0.2, 0.25) is 0 Å². The van der Waals surface area contributed by atoms with Crippen LogP contribution in [-0.2, 0) is 14.2 Å². The third kappa shape index (κ3) is 6.09. The monoisotopic (exact) mass is 262 g/mol. The van der Waals surface area contributed by atoms with Crippen molar-refractivity contribution >= 4 is 12.6 Å². The van der Waals surface area contributed by atoms with E-state index in [1.54, 1.807) is 0 Å². The Morgan fingerprint density at radius 3 is 2.35 bits per heavy atom. The van der Waals surface area contributed by atoms with Gasteiger partial charge in [-0.2, -0.15) is 12.6 Å². The first-order chi connectivity index (χ1) is 7.97. The zero-order valence-electron chi connectivity index (χ0n) is 11.3. The summed E-state index contributed by atoms with van der Waals surface area (Å²) < 4.78 is 16.7. The van der Waals surface area contributed by atoms with Crippen molar-refractivity contribution in [1.29, 1.82) is 0 Å². The molecule has 1 rings (SSSR count). The molecule has 1 aliphatic rings. The van der Waals surface area contributed by atoms with E-state index >= 15 is 0 Å². The minimum absolute atomic E-state index is 0.0801. The molecule has 0 aliphatic carbocycles. The van der Waals surface area contributed by atoms with Gasteiger partial charge in [0.25, 0.3) is 0 Å². The molecule has 0 aromatic rings. The summed E-state index contributed by atoms with van der Waals surface area (Å²) in [7, 11) is 0. The molecule has 0 unspecified atom stereocenters. The van der Waals surface area contributed by atoms with E-state index in [2.05, 4.69) is 33.4 Å². The number of hydrogen-bond acceptors (Lipinski definition) is 4. The standard InChI is InChI=1S/C13H26O3S/c1-12(2,3)16-9-8-15-10-13(11-17)4-6-14-7-5-13/h17H,4-11H2,1-3H3. The lowest BCUT2D eigenvalue weighted by molar-refractivity contribution is -0.0636. The van der Waals surface area contributed by atoms with Crippen LogP contribution >= 0.6 is 12.6 Å². The van der Waals surface area contributed by atoms with Crippen LogP contribution in [0.1, 0.15) is 33.6 Å². The molecule has 0 aromatic heterocycles. The Bertz CT molecular complexity index is 207. The first kappa shape index (κ1) is 15.3. The van der Waals surface area contributed by atoms with E-state index < -0.39 is 0 Å². The Morgan fingerprint density at radius 2 is 1.82 bits per heavy atom. The Kier molecular flexibility index (Phi) is 6.27. The van der Waals surface area contributed by atoms with Gasteiger partial charge in [0.1, 0.15) is 0 Å². The molecule has 0 N–H and O–H groups in total. The van der Waals surface area contributed by atoms with Crippen molar-refractivity contribution in [3.63, 3.8) is 0 Å². The van der Waals surface area contributed by atoms with Crippen LogP contribution in [-0.4, -0.2) is 44.4 Å². The lowest BCUT2D eigenvalue weighted by Gasteiger charge is -2.35. The summed E-state index contributed by atoms with van der Waals surface area (Å²) in [5.74, 6) is 0.872. The number of rotatable bonds is 6. The second-order valence-electron chi connectivity index (χ2n) is 5.78. The van der Waals surface area contributed by atoms with E-state index in [-0.39, 0.29) is 11.0 Å². The van der Waals surface area contributed by atoms with E-state index in [9.17, 15) is 0 Å². The molecule has 4 heteroatoms. The van der Waals surface area contributed by atoms with E-state index in [0.29, 0.717) is 13.2 Å². The first-order valence-electron chi connectivity index (χ1n) is 6.38. The van der Waals surface area contributed by atoms with E-state index in [4.69, 9.17) is 14.2 Å². The van der Waals surface area contributed by atoms with Crippen LogP contribution in [0.5, 0.6) is 0 Å². The number of ether oxygens (including phenoxy) is 3. The highest BCUT2D eigenvalue weighted by molar-refractivity contribution is 7.80. The Balaban J connectivity index is 2.15. The van der Waals surface area contributed by atoms with Gasteiger partial charge in [-0.1, -0.05) is 0 Å². The molecule has 1 aliphatic heterocycles. The smallest absolute Gasteiger partial charge is 0.0707 e. The SMILES string of the molecule is CC(C)(C)OCCOCC1(CS)CCOCC1. The van der Waals surface area contributed by atoms with Crippen molar-refractivity contribution in [3.8, 4) is 0 Å². The molecule has 0 radical (unpaired) electrons. The predicted molar refractivity (Wildman–Crippen MR) is 72.9 cm³/mol. The van der Waals surface area contributed by atoms with Crippen LogP contribution in [0.2, 0.25) is 0 Å². The van der Waals surface area contributed by atoms with Crippen molar-refractivity contribution in [2.45, 2.75) is 39.2 Å². The molecule has 0 atom stereocenters. The van der Waals surface area contributed by atoms with Gasteiger partial charge < -0.3 is 14.2 Å². The zero-order valence-corrected chi connectivity index (χ0v) is 12.2. The average Bonchev–Trinajstić information content (AvgIpc) is 2.28. The molecule has 3 nitrogen and oxygen atoms in total. The minimum Gasteiger partial charge on any atom is -0.381 e. The molecule has 0 amide bonds. The maximum atomic E-state index is 5.73. The van der Waals surface area contributed by atoms with Gasteiger partial charge in [-0.25, -0.2) is 0 Å². The third-order valence-corrected chi connectivity index (χ3v) is 3.73. The normalized spacial score (nSPS) is 20.5. The van der Waals surface area contributed by atoms with Gasteiger partial charge in [0.05, 0.1) is 25.4 Å². The topological polar surface area (TPSA) is 27.7 Å². The van der Waals surface area contributed by atoms with E-state index in [1.165, 1.54) is 0 Å². The van der Waals surface area contributed by atoms with Crippen molar-refractivity contribution in [3.05, 3.63) is 0 Å². The van der Waals surface area contributed by atoms with E-state index in [0.717, 1.165) is 38.4 Å². The Morgan fingerprint density at radius 1 is 1.18 bits per heavy atom. The minimum atomic E-state index is -0.0801. The maximum Gasteiger partial charge on any atom is 0.0707 e. The summed E-state index contributed by atoms with van der Waals surface area (Å²) in [5.41, 5.74) is 0.131. The quantitative estimate of drug-likeness (QED) is 0.589. The lowest BCUT2D eigenvalue weighted by Crippen LogP contribution is -2.36. The van der Waals surface area contributed by atoms with Gasteiger partial charge >= 0.3 is 0 Å². The van der Waals surface area contributed by atoms with Crippen LogP contribution in [0.4, 0.5) is 0 Å². The van der Waals surface area contributed by atoms with Crippen molar-refractivity contribution in [1.82, 2.24) is 0 Å². The number of hydrogen-bond donors (Lipinski definition) is 1. The van der Waals surface area contributed by atoms with Crippen molar-refractivity contribution < 1.29 is 14.2 Å². The Hall–Kier alpha value is 0.230. The fourth-order valence-electron chi connectivity index (χ4n) is 1.85. The lowest BCUT2D eigenvalue weighted by atomic mass is 9.83. The van der Waals surface area contributed by atoms with Crippen LogP contribution in [0.15, 0.2) is 0 Å². The van der Waals surface area contributed by atoms with Gasteiger partial charge in [-0.3, -0.25) is 0 Å². The third-order valence-electron chi connectivity index (χ3n) is 3.06. The molecule has 102 valence electrons.